The summed E-state index contributed by atoms with van der Waals surface area (Å²) in [6.45, 7) is 0. The lowest BCUT2D eigenvalue weighted by molar-refractivity contribution is 0.628. The molecule has 1 N–H and O–H groups in total. The number of nitrogens with one attached hydrogen (secondary N) is 1. The Morgan fingerprint density at radius 1 is 0.833 bits per heavy atom. The molecule has 0 atom stereocenters. The second-order valence-electron chi connectivity index (χ2n) is 5.30. The zero-order valence-electron chi connectivity index (χ0n) is 12.6. The minimum Gasteiger partial charge on any atom is -0.340 e. The molecule has 2 heterocycles. The molecule has 0 spiro atoms. The maximum Gasteiger partial charge on any atom is 0.180 e. The van der Waals surface area contributed by atoms with Crippen LogP contribution in [-0.4, -0.2) is 15.0 Å². The van der Waals surface area contributed by atoms with Crippen LogP contribution in [0.2, 0.25) is 0 Å². The lowest BCUT2D eigenvalue weighted by Crippen LogP contribution is -1.97. The number of rotatable bonds is 3. The van der Waals surface area contributed by atoms with E-state index >= 15 is 0 Å². The Morgan fingerprint density at radius 3 is 2.54 bits per heavy atom. The van der Waals surface area contributed by atoms with Gasteiger partial charge in [0.25, 0.3) is 0 Å². The molecule has 2 aromatic heterocycles. The Kier molecular flexibility index (Phi) is 3.59. The van der Waals surface area contributed by atoms with E-state index in [2.05, 4.69) is 20.3 Å². The molecular formula is C19H13FN4. The van der Waals surface area contributed by atoms with Crippen LogP contribution in [0.1, 0.15) is 0 Å². The predicted octanol–water partition coefficient (Wildman–Crippen LogP) is 4.57. The van der Waals surface area contributed by atoms with E-state index in [4.69, 9.17) is 0 Å². The van der Waals surface area contributed by atoms with Gasteiger partial charge in [0, 0.05) is 11.3 Å². The average molecular weight is 316 g/mol. The smallest absolute Gasteiger partial charge is 0.180 e. The largest absolute Gasteiger partial charge is 0.340 e. The van der Waals surface area contributed by atoms with Crippen molar-refractivity contribution in [3.63, 3.8) is 0 Å². The highest BCUT2D eigenvalue weighted by Gasteiger charge is 2.05. The molecule has 116 valence electrons. The zero-order valence-corrected chi connectivity index (χ0v) is 12.6. The lowest BCUT2D eigenvalue weighted by Gasteiger charge is -2.07. The topological polar surface area (TPSA) is 50.7 Å². The molecule has 5 heteroatoms. The number of anilines is 2. The van der Waals surface area contributed by atoms with E-state index in [1.165, 1.54) is 12.1 Å². The van der Waals surface area contributed by atoms with E-state index in [1.54, 1.807) is 24.4 Å². The molecule has 4 rings (SSSR count). The van der Waals surface area contributed by atoms with E-state index in [-0.39, 0.29) is 5.82 Å². The fourth-order valence-corrected chi connectivity index (χ4v) is 2.43. The molecule has 4 nitrogen and oxygen atoms in total. The van der Waals surface area contributed by atoms with Crippen molar-refractivity contribution in [2.24, 2.45) is 0 Å². The zero-order chi connectivity index (χ0) is 16.4. The Morgan fingerprint density at radius 2 is 1.71 bits per heavy atom. The van der Waals surface area contributed by atoms with Crippen LogP contribution in [0, 0.1) is 5.82 Å². The Labute approximate surface area is 138 Å². The van der Waals surface area contributed by atoms with Crippen molar-refractivity contribution in [3.05, 3.63) is 78.7 Å². The number of pyridine rings is 1. The molecule has 4 aromatic rings. The van der Waals surface area contributed by atoms with Gasteiger partial charge in [-0.25, -0.2) is 14.4 Å². The number of nitrogens with zero attached hydrogens (tertiary/aromatic N) is 3. The first-order valence-electron chi connectivity index (χ1n) is 7.50. The van der Waals surface area contributed by atoms with E-state index in [0.717, 1.165) is 11.3 Å². The molecule has 0 aliphatic heterocycles. The van der Waals surface area contributed by atoms with Gasteiger partial charge >= 0.3 is 0 Å². The summed E-state index contributed by atoms with van der Waals surface area (Å²) in [5.74, 6) is 0.291. The molecule has 2 aromatic carbocycles. The first-order valence-corrected chi connectivity index (χ1v) is 7.50. The van der Waals surface area contributed by atoms with Crippen LogP contribution in [-0.2, 0) is 0 Å². The third-order valence-corrected chi connectivity index (χ3v) is 3.57. The molecular weight excluding hydrogens is 303 g/mol. The number of aromatic nitrogens is 3. The van der Waals surface area contributed by atoms with Crippen LogP contribution in [0.25, 0.3) is 22.4 Å². The lowest BCUT2D eigenvalue weighted by atomic mass is 10.2. The molecule has 0 aliphatic rings. The van der Waals surface area contributed by atoms with Crippen LogP contribution in [0.3, 0.4) is 0 Å². The second kappa shape index (κ2) is 6.04. The van der Waals surface area contributed by atoms with Gasteiger partial charge in [0.2, 0.25) is 0 Å². The molecule has 0 amide bonds. The fraction of sp³-hybridized carbons (Fsp3) is 0. The third-order valence-electron chi connectivity index (χ3n) is 3.57. The number of hydrogen-bond acceptors (Lipinski definition) is 4. The van der Waals surface area contributed by atoms with E-state index in [0.29, 0.717) is 22.7 Å². The normalized spacial score (nSPS) is 10.7. The maximum atomic E-state index is 13.3. The van der Waals surface area contributed by atoms with Crippen LogP contribution in [0.15, 0.2) is 72.9 Å². The summed E-state index contributed by atoms with van der Waals surface area (Å²) < 4.78 is 13.3. The summed E-state index contributed by atoms with van der Waals surface area (Å²) in [6.07, 6.45) is 1.74. The minimum absolute atomic E-state index is 0.299. The number of benzene rings is 2. The van der Waals surface area contributed by atoms with Crippen molar-refractivity contribution >= 4 is 22.7 Å². The van der Waals surface area contributed by atoms with Crippen molar-refractivity contribution in [3.8, 4) is 11.3 Å². The highest BCUT2D eigenvalue weighted by molar-refractivity contribution is 5.76. The molecule has 0 radical (unpaired) electrons. The van der Waals surface area contributed by atoms with Gasteiger partial charge in [0.1, 0.15) is 17.2 Å². The standard InChI is InChI=1S/C19H13FN4/c20-14-7-4-8-15(11-14)22-18-10-9-16-19(24-18)23-17(12-21-16)13-5-2-1-3-6-13/h1-12H,(H,22,23,24). The first kappa shape index (κ1) is 14.3. The Hall–Kier alpha value is -3.34. The summed E-state index contributed by atoms with van der Waals surface area (Å²) >= 11 is 0. The SMILES string of the molecule is Fc1cccc(Nc2ccc3ncc(-c4ccccc4)nc3n2)c1. The van der Waals surface area contributed by atoms with Gasteiger partial charge in [-0.05, 0) is 30.3 Å². The van der Waals surface area contributed by atoms with Crippen LogP contribution in [0.5, 0.6) is 0 Å². The van der Waals surface area contributed by atoms with Crippen molar-refractivity contribution in [1.29, 1.82) is 0 Å². The Bertz CT molecular complexity index is 1000. The number of halogens is 1. The average Bonchev–Trinajstić information content (AvgIpc) is 2.62. The van der Waals surface area contributed by atoms with Crippen molar-refractivity contribution < 1.29 is 4.39 Å². The summed E-state index contributed by atoms with van der Waals surface area (Å²) in [6, 6.07) is 19.7. The first-order chi connectivity index (χ1) is 11.8. The highest BCUT2D eigenvalue weighted by Crippen LogP contribution is 2.21. The molecule has 0 saturated carbocycles. The van der Waals surface area contributed by atoms with E-state index in [9.17, 15) is 4.39 Å². The minimum atomic E-state index is -0.299. The quantitative estimate of drug-likeness (QED) is 0.601. The monoisotopic (exact) mass is 316 g/mol. The van der Waals surface area contributed by atoms with Gasteiger partial charge < -0.3 is 5.32 Å². The predicted molar refractivity (Wildman–Crippen MR) is 92.5 cm³/mol. The van der Waals surface area contributed by atoms with Gasteiger partial charge in [0.15, 0.2) is 5.65 Å². The van der Waals surface area contributed by atoms with Gasteiger partial charge in [-0.2, -0.15) is 0 Å². The van der Waals surface area contributed by atoms with Crippen molar-refractivity contribution in [1.82, 2.24) is 15.0 Å². The highest BCUT2D eigenvalue weighted by atomic mass is 19.1. The maximum absolute atomic E-state index is 13.3. The van der Waals surface area contributed by atoms with Crippen molar-refractivity contribution in [2.45, 2.75) is 0 Å². The second-order valence-corrected chi connectivity index (χ2v) is 5.30. The summed E-state index contributed by atoms with van der Waals surface area (Å²) in [5.41, 5.74) is 3.63. The fourth-order valence-electron chi connectivity index (χ4n) is 2.43. The molecule has 0 bridgehead atoms. The van der Waals surface area contributed by atoms with E-state index in [1.807, 2.05) is 36.4 Å². The summed E-state index contributed by atoms with van der Waals surface area (Å²) in [7, 11) is 0. The number of fused-ring (bicyclic) bond motifs is 1. The molecule has 0 fully saturated rings. The van der Waals surface area contributed by atoms with E-state index < -0.39 is 0 Å². The Balaban J connectivity index is 1.71. The van der Waals surface area contributed by atoms with Gasteiger partial charge in [-0.3, -0.25) is 4.98 Å². The molecule has 0 aliphatic carbocycles. The summed E-state index contributed by atoms with van der Waals surface area (Å²) in [5, 5.41) is 3.08. The molecule has 24 heavy (non-hydrogen) atoms. The molecule has 0 saturated heterocycles. The van der Waals surface area contributed by atoms with Crippen LogP contribution >= 0.6 is 0 Å². The van der Waals surface area contributed by atoms with Crippen molar-refractivity contribution in [2.75, 3.05) is 5.32 Å². The van der Waals surface area contributed by atoms with Gasteiger partial charge in [0.05, 0.1) is 11.9 Å². The van der Waals surface area contributed by atoms with Crippen LogP contribution < -0.4 is 5.32 Å². The van der Waals surface area contributed by atoms with Gasteiger partial charge in [-0.1, -0.05) is 36.4 Å². The number of hydrogen-bond donors (Lipinski definition) is 1. The molecule has 0 unspecified atom stereocenters. The van der Waals surface area contributed by atoms with Gasteiger partial charge in [-0.15, -0.1) is 0 Å². The summed E-state index contributed by atoms with van der Waals surface area (Å²) in [4.78, 5) is 13.5. The van der Waals surface area contributed by atoms with Crippen LogP contribution in [0.4, 0.5) is 15.9 Å². The third kappa shape index (κ3) is 2.92.